The van der Waals surface area contributed by atoms with Crippen LogP contribution in [0.25, 0.3) is 0 Å². The van der Waals surface area contributed by atoms with E-state index in [9.17, 15) is 0 Å². The Balaban J connectivity index is 2.17. The zero-order valence-electron chi connectivity index (χ0n) is 11.6. The molecular formula is C17H24O. The van der Waals surface area contributed by atoms with Crippen LogP contribution in [0.3, 0.4) is 0 Å². The van der Waals surface area contributed by atoms with Crippen molar-refractivity contribution in [1.82, 2.24) is 0 Å². The molecule has 1 rings (SSSR count). The molecule has 0 fully saturated rings. The fourth-order valence-corrected chi connectivity index (χ4v) is 1.63. The highest BCUT2D eigenvalue weighted by Gasteiger charge is 1.97. The van der Waals surface area contributed by atoms with Gasteiger partial charge < -0.3 is 4.74 Å². The molecule has 1 nitrogen and oxygen atoms in total. The van der Waals surface area contributed by atoms with Crippen molar-refractivity contribution in [3.8, 4) is 0 Å². The maximum Gasteiger partial charge on any atom is 0.0721 e. The minimum Gasteiger partial charge on any atom is -0.373 e. The Morgan fingerprint density at radius 1 is 1.33 bits per heavy atom. The van der Waals surface area contributed by atoms with Gasteiger partial charge in [0.25, 0.3) is 0 Å². The maximum atomic E-state index is 5.63. The van der Waals surface area contributed by atoms with Gasteiger partial charge in [0.1, 0.15) is 0 Å². The van der Waals surface area contributed by atoms with Crippen molar-refractivity contribution in [2.75, 3.05) is 6.61 Å². The molecule has 0 N–H and O–H groups in total. The lowest BCUT2D eigenvalue weighted by atomic mass is 10.0. The quantitative estimate of drug-likeness (QED) is 0.473. The first-order chi connectivity index (χ1) is 8.72. The number of allylic oxidation sites excluding steroid dienone is 2. The molecule has 0 saturated heterocycles. The van der Waals surface area contributed by atoms with Crippen LogP contribution in [0.4, 0.5) is 0 Å². The monoisotopic (exact) mass is 244 g/mol. The molecule has 0 amide bonds. The van der Waals surface area contributed by atoms with Crippen molar-refractivity contribution < 1.29 is 4.74 Å². The van der Waals surface area contributed by atoms with E-state index in [1.54, 1.807) is 0 Å². The Bertz CT molecular complexity index is 364. The van der Waals surface area contributed by atoms with Crippen molar-refractivity contribution >= 4 is 0 Å². The minimum atomic E-state index is 0.596. The van der Waals surface area contributed by atoms with Gasteiger partial charge in [-0.1, -0.05) is 55.0 Å². The highest BCUT2D eigenvalue weighted by Crippen LogP contribution is 2.12. The zero-order chi connectivity index (χ0) is 13.2. The van der Waals surface area contributed by atoms with E-state index >= 15 is 0 Å². The largest absolute Gasteiger partial charge is 0.373 e. The van der Waals surface area contributed by atoms with E-state index in [-0.39, 0.29) is 0 Å². The van der Waals surface area contributed by atoms with Gasteiger partial charge in [0.05, 0.1) is 13.2 Å². The van der Waals surface area contributed by atoms with E-state index < -0.39 is 0 Å². The van der Waals surface area contributed by atoms with E-state index in [1.807, 2.05) is 24.3 Å². The number of hydrogen-bond acceptors (Lipinski definition) is 1. The molecule has 1 heteroatoms. The third kappa shape index (κ3) is 6.41. The molecule has 0 saturated carbocycles. The molecular weight excluding hydrogens is 220 g/mol. The van der Waals surface area contributed by atoms with E-state index in [0.717, 1.165) is 6.42 Å². The van der Waals surface area contributed by atoms with Gasteiger partial charge in [-0.25, -0.2) is 0 Å². The van der Waals surface area contributed by atoms with Gasteiger partial charge in [-0.05, 0) is 31.2 Å². The normalized spacial score (nSPS) is 13.3. The fraction of sp³-hybridized carbons (Fsp3) is 0.412. The second kappa shape index (κ2) is 8.71. The molecule has 0 heterocycles. The van der Waals surface area contributed by atoms with Crippen LogP contribution in [0, 0.1) is 5.92 Å². The highest BCUT2D eigenvalue weighted by molar-refractivity contribution is 5.13. The summed E-state index contributed by atoms with van der Waals surface area (Å²) < 4.78 is 5.63. The van der Waals surface area contributed by atoms with Crippen molar-refractivity contribution in [1.29, 1.82) is 0 Å². The smallest absolute Gasteiger partial charge is 0.0721 e. The number of hydrogen-bond donors (Lipinski definition) is 0. The molecule has 1 unspecified atom stereocenters. The predicted octanol–water partition coefficient (Wildman–Crippen LogP) is 4.75. The Hall–Kier alpha value is -1.34. The average molecular weight is 244 g/mol. The fourth-order valence-electron chi connectivity index (χ4n) is 1.63. The van der Waals surface area contributed by atoms with Crippen LogP contribution >= 0.6 is 0 Å². The van der Waals surface area contributed by atoms with E-state index in [2.05, 4.69) is 38.6 Å². The second-order valence-corrected chi connectivity index (χ2v) is 4.80. The molecule has 1 aromatic carbocycles. The van der Waals surface area contributed by atoms with Gasteiger partial charge in [-0.15, -0.1) is 6.58 Å². The first-order valence-electron chi connectivity index (χ1n) is 6.62. The maximum absolute atomic E-state index is 5.63. The Morgan fingerprint density at radius 2 is 2.06 bits per heavy atom. The minimum absolute atomic E-state index is 0.596. The Morgan fingerprint density at radius 3 is 2.72 bits per heavy atom. The molecule has 0 aliphatic heterocycles. The summed E-state index contributed by atoms with van der Waals surface area (Å²) in [6, 6.07) is 10.3. The Kier molecular flexibility index (Phi) is 7.12. The summed E-state index contributed by atoms with van der Waals surface area (Å²) >= 11 is 0. The number of rotatable bonds is 8. The highest BCUT2D eigenvalue weighted by atomic mass is 16.5. The van der Waals surface area contributed by atoms with Gasteiger partial charge in [-0.2, -0.15) is 0 Å². The van der Waals surface area contributed by atoms with E-state index in [1.165, 1.54) is 17.6 Å². The third-order valence-corrected chi connectivity index (χ3v) is 3.06. The zero-order valence-corrected chi connectivity index (χ0v) is 11.6. The standard InChI is InChI=1S/C17H24O/c1-4-15(2)10-11-16(3)12-13-18-14-17-8-6-5-7-9-17/h4-9,12,15H,1,10-11,13-14H2,2-3H3/b16-12+. The summed E-state index contributed by atoms with van der Waals surface area (Å²) in [5.74, 6) is 0.596. The van der Waals surface area contributed by atoms with Crippen molar-refractivity contribution in [3.05, 3.63) is 60.2 Å². The lowest BCUT2D eigenvalue weighted by Crippen LogP contribution is -1.94. The summed E-state index contributed by atoms with van der Waals surface area (Å²) in [5.41, 5.74) is 2.63. The van der Waals surface area contributed by atoms with E-state index in [4.69, 9.17) is 4.74 Å². The molecule has 0 aliphatic rings. The lowest BCUT2D eigenvalue weighted by molar-refractivity contribution is 0.148. The van der Waals surface area contributed by atoms with Crippen LogP contribution in [-0.4, -0.2) is 6.61 Å². The van der Waals surface area contributed by atoms with Gasteiger partial charge in [0.15, 0.2) is 0 Å². The Labute approximate surface area is 111 Å². The molecule has 18 heavy (non-hydrogen) atoms. The lowest BCUT2D eigenvalue weighted by Gasteiger charge is -2.06. The van der Waals surface area contributed by atoms with Crippen molar-refractivity contribution in [2.24, 2.45) is 5.92 Å². The van der Waals surface area contributed by atoms with Gasteiger partial charge in [0.2, 0.25) is 0 Å². The van der Waals surface area contributed by atoms with Crippen LogP contribution in [0.5, 0.6) is 0 Å². The van der Waals surface area contributed by atoms with Crippen LogP contribution in [-0.2, 0) is 11.3 Å². The van der Waals surface area contributed by atoms with Gasteiger partial charge in [0, 0.05) is 0 Å². The third-order valence-electron chi connectivity index (χ3n) is 3.06. The van der Waals surface area contributed by atoms with Crippen LogP contribution in [0.15, 0.2) is 54.6 Å². The molecule has 0 aliphatic carbocycles. The van der Waals surface area contributed by atoms with Gasteiger partial charge >= 0.3 is 0 Å². The summed E-state index contributed by atoms with van der Waals surface area (Å²) in [6.07, 6.45) is 6.49. The van der Waals surface area contributed by atoms with Crippen LogP contribution in [0.2, 0.25) is 0 Å². The number of ether oxygens (including phenoxy) is 1. The van der Waals surface area contributed by atoms with Crippen molar-refractivity contribution in [2.45, 2.75) is 33.3 Å². The van der Waals surface area contributed by atoms with Crippen LogP contribution < -0.4 is 0 Å². The first-order valence-corrected chi connectivity index (χ1v) is 6.62. The first kappa shape index (κ1) is 14.7. The second-order valence-electron chi connectivity index (χ2n) is 4.80. The molecule has 0 bridgehead atoms. The summed E-state index contributed by atoms with van der Waals surface area (Å²) in [7, 11) is 0. The molecule has 0 spiro atoms. The molecule has 0 aromatic heterocycles. The van der Waals surface area contributed by atoms with Crippen LogP contribution in [0.1, 0.15) is 32.3 Å². The average Bonchev–Trinajstić information content (AvgIpc) is 2.42. The molecule has 1 atom stereocenters. The number of benzene rings is 1. The van der Waals surface area contributed by atoms with Crippen molar-refractivity contribution in [3.63, 3.8) is 0 Å². The van der Waals surface area contributed by atoms with Gasteiger partial charge in [-0.3, -0.25) is 0 Å². The predicted molar refractivity (Wildman–Crippen MR) is 78.5 cm³/mol. The molecule has 0 radical (unpaired) electrons. The van der Waals surface area contributed by atoms with E-state index in [0.29, 0.717) is 19.1 Å². The summed E-state index contributed by atoms with van der Waals surface area (Å²) in [5, 5.41) is 0. The molecule has 98 valence electrons. The topological polar surface area (TPSA) is 9.23 Å². The SMILES string of the molecule is C=CC(C)CC/C(C)=C/COCc1ccccc1. The summed E-state index contributed by atoms with van der Waals surface area (Å²) in [6.45, 7) is 9.56. The summed E-state index contributed by atoms with van der Waals surface area (Å²) in [4.78, 5) is 0. The molecule has 1 aromatic rings.